The molecule has 11 heteroatoms. The molecule has 0 radical (unpaired) electrons. The van der Waals surface area contributed by atoms with Gasteiger partial charge < -0.3 is 34.8 Å². The van der Waals surface area contributed by atoms with Gasteiger partial charge in [-0.25, -0.2) is 0 Å². The van der Waals surface area contributed by atoms with Crippen molar-refractivity contribution in [1.82, 2.24) is 0 Å². The van der Waals surface area contributed by atoms with Gasteiger partial charge in [0.15, 0.2) is 0 Å². The molecule has 15 aliphatic carbocycles. The van der Waals surface area contributed by atoms with Gasteiger partial charge >= 0.3 is 5.97 Å². The summed E-state index contributed by atoms with van der Waals surface area (Å²) >= 11 is 0. The van der Waals surface area contributed by atoms with Gasteiger partial charge in [-0.3, -0.25) is 9.59 Å². The maximum atomic E-state index is 12.9. The zero-order valence-corrected chi connectivity index (χ0v) is 68.1. The number of aliphatic hydroxyl groups excluding tert-OH is 2. The Morgan fingerprint density at radius 1 is 0.412 bits per heavy atom. The smallest absolute Gasteiger partial charge is 0.309 e. The van der Waals surface area contributed by atoms with Crippen LogP contribution in [0.5, 0.6) is 0 Å². The fourth-order valence-corrected chi connectivity index (χ4v) is 34.3. The number of carboxylic acids is 1. The van der Waals surface area contributed by atoms with Crippen LogP contribution in [-0.4, -0.2) is 75.6 Å². The second-order valence-electron chi connectivity index (χ2n) is 43.1. The first-order chi connectivity index (χ1) is 47.6. The minimum atomic E-state index is -0.547. The Kier molecular flexibility index (Phi) is 19.4. The third-order valence-corrected chi connectivity index (χ3v) is 39.8. The van der Waals surface area contributed by atoms with Gasteiger partial charge in [-0.2, -0.15) is 0 Å². The highest BCUT2D eigenvalue weighted by Crippen LogP contribution is 2.81. The lowest BCUT2D eigenvalue weighted by atomic mass is 9.32. The molecular weight excluding hydrogens is 1270 g/mol. The van der Waals surface area contributed by atoms with Crippen molar-refractivity contribution >= 4 is 23.2 Å². The molecule has 15 aliphatic rings. The van der Waals surface area contributed by atoms with Gasteiger partial charge in [0.25, 0.3) is 0 Å². The van der Waals surface area contributed by atoms with Crippen LogP contribution in [0.25, 0.3) is 0 Å². The largest absolute Gasteiger partial charge is 0.481 e. The lowest BCUT2D eigenvalue weighted by molar-refractivity contribution is -0.254. The van der Waals surface area contributed by atoms with E-state index >= 15 is 0 Å². The van der Waals surface area contributed by atoms with Crippen molar-refractivity contribution in [2.75, 3.05) is 20.7 Å². The number of carboxylic acid groups (broad SMARTS) is 1. The van der Waals surface area contributed by atoms with E-state index in [2.05, 4.69) is 155 Å². The Bertz CT molecular complexity index is 3360. The molecule has 4 N–H and O–H groups in total. The summed E-state index contributed by atoms with van der Waals surface area (Å²) in [4.78, 5) is 30.9. The molecule has 15 saturated carbocycles. The van der Waals surface area contributed by atoms with E-state index < -0.39 is 11.4 Å². The first-order valence-corrected chi connectivity index (χ1v) is 42.1. The first-order valence-electron chi connectivity index (χ1n) is 42.1. The normalized spacial score (nSPS) is 52.4. The zero-order chi connectivity index (χ0) is 74.4. The number of carbonyl (C=O) groups excluding carboxylic acids is 1. The van der Waals surface area contributed by atoms with Crippen LogP contribution in [0.3, 0.4) is 0 Å². The van der Waals surface area contributed by atoms with Gasteiger partial charge in [-0.05, 0) is 344 Å². The number of Topliss-reactive ketones (excluding diaryl/α,β-unsaturated/α-hetero) is 1. The van der Waals surface area contributed by atoms with Crippen LogP contribution in [0.15, 0.2) is 46.8 Å². The van der Waals surface area contributed by atoms with Crippen LogP contribution >= 0.6 is 0 Å². The Balaban J connectivity index is 0.000000137. The second-order valence-corrected chi connectivity index (χ2v) is 43.1. The maximum Gasteiger partial charge on any atom is 0.309 e. The fraction of sp³-hybridized carbons (Fsp3) is 0.890. The first kappa shape index (κ1) is 77.3. The van der Waals surface area contributed by atoms with E-state index in [-0.39, 0.29) is 74.0 Å². The van der Waals surface area contributed by atoms with Crippen molar-refractivity contribution in [3.63, 3.8) is 0 Å². The molecule has 0 aliphatic heterocycles. The lowest BCUT2D eigenvalue weighted by Crippen LogP contribution is -2.67. The van der Waals surface area contributed by atoms with Gasteiger partial charge in [0.1, 0.15) is 26.5 Å². The number of hydrogen-bond donors (Lipinski definition) is 4. The summed E-state index contributed by atoms with van der Waals surface area (Å²) in [7, 11) is 1.70. The van der Waals surface area contributed by atoms with Gasteiger partial charge in [0.05, 0.1) is 28.0 Å². The number of oxime groups is 2. The van der Waals surface area contributed by atoms with Gasteiger partial charge in [-0.1, -0.05) is 151 Å². The molecular formula is C91H146N2O9. The standard InChI is InChI=1S/C31H51NO3.C30H49NO3.C30H46O3/c1-20(2)21-11-16-31(35-19-33)18-17-29(6)22(26(21)31)9-10-24-28(5)14-13-25(32-34-8)27(3,4)23(28)12-15-30(24,29)7;1-19(2)20-10-15-30(34-18-32)17-16-28(6)21(25(20)30)8-9-23-27(5)13-12-24(31-33)26(3,4)22(27)11-14-29(23,28)7;1-18(2)19-10-15-30(25(32)33)17-16-28(6)20(24(19)30)8-9-22-27(5)13-12-23(31)26(3,4)21(27)11-14-29(22,28)7/h21-24,26,33H,1,9-19H2,2-8H3;20-23,25,32-33H,1,8-18H2,2-7H3;19-22,24H,1,8-17H2,2-7H3,(H,32,33)/b32-25+;31-24+;/t21?,22?,23?,24?,26?,28-,29?,30+,31?;20?,21?,22?,23?,25?,27-,28?,29+,30?;19?,20?,21?,22?,24?,27-,28?,29+,30?/m000/s1. The summed E-state index contributed by atoms with van der Waals surface area (Å²) in [6.07, 6.45) is 33.9. The number of ketones is 1. The number of hydrogen-bond acceptors (Lipinski definition) is 10. The van der Waals surface area contributed by atoms with E-state index in [1.165, 1.54) is 112 Å². The minimum absolute atomic E-state index is 0.0337. The molecule has 21 unspecified atom stereocenters. The molecule has 15 fully saturated rings. The van der Waals surface area contributed by atoms with Crippen LogP contribution in [0, 0.1) is 159 Å². The number of carbonyl (C=O) groups is 2. The van der Waals surface area contributed by atoms with Gasteiger partial charge in [0, 0.05) is 22.7 Å². The quantitative estimate of drug-likeness (QED) is 0.0760. The highest BCUT2D eigenvalue weighted by atomic mass is 16.6. The predicted molar refractivity (Wildman–Crippen MR) is 410 cm³/mol. The molecule has 0 aromatic carbocycles. The van der Waals surface area contributed by atoms with E-state index in [1.54, 1.807) is 7.11 Å². The number of aliphatic carboxylic acids is 1. The molecule has 0 amide bonds. The number of fused-ring (bicyclic) bond motifs is 21. The van der Waals surface area contributed by atoms with Crippen LogP contribution in [0.2, 0.25) is 0 Å². The van der Waals surface area contributed by atoms with Crippen molar-refractivity contribution in [1.29, 1.82) is 0 Å². The van der Waals surface area contributed by atoms with Crippen molar-refractivity contribution < 1.29 is 44.4 Å². The number of ether oxygens (including phenoxy) is 2. The number of allylic oxidation sites excluding steroid dienone is 3. The van der Waals surface area contributed by atoms with E-state index in [0.717, 1.165) is 114 Å². The topological polar surface area (TPSA) is 167 Å². The Morgan fingerprint density at radius 2 is 0.765 bits per heavy atom. The summed E-state index contributed by atoms with van der Waals surface area (Å²) in [5, 5.41) is 48.3. The molecule has 15 rings (SSSR count). The molecule has 0 spiro atoms. The third kappa shape index (κ3) is 10.3. The monoisotopic (exact) mass is 1410 g/mol. The molecule has 0 heterocycles. The van der Waals surface area contributed by atoms with E-state index in [1.807, 2.05) is 0 Å². The summed E-state index contributed by atoms with van der Waals surface area (Å²) in [6, 6.07) is 0. The average molecular weight is 1410 g/mol. The number of rotatable bonds is 9. The maximum absolute atomic E-state index is 12.9. The molecule has 0 bridgehead atoms. The summed E-state index contributed by atoms with van der Waals surface area (Å²) in [5.41, 5.74) is 7.55. The SMILES string of the molecule is C=C(C)C1CCC2(C(=O)O)CCC3(C)C(CCC4[C@@]5(C)CCC(=O)C(C)(C)C5CC[C@]43C)C12.C=C(C)C1CCC2(OCO)CCC3(C)C(CCC4[C@@]5(C)CC/C(=N\O)C(C)(C)C5CC[C@]43C)C12.C=C(C)C1CCC2(OCO)CCC3(C)C(CCC4[C@@]5(C)CC/C(=N\OC)C(C)(C)C5CC[C@]43C)C12. The van der Waals surface area contributed by atoms with Gasteiger partial charge in [-0.15, -0.1) is 0 Å². The highest BCUT2D eigenvalue weighted by Gasteiger charge is 2.76. The predicted octanol–water partition coefficient (Wildman–Crippen LogP) is 21.9. The Morgan fingerprint density at radius 3 is 1.15 bits per heavy atom. The molecule has 0 saturated heterocycles. The van der Waals surface area contributed by atoms with Crippen molar-refractivity contribution in [3.8, 4) is 0 Å². The Labute approximate surface area is 619 Å². The average Bonchev–Trinajstić information content (AvgIpc) is 1.04. The van der Waals surface area contributed by atoms with Gasteiger partial charge in [0.2, 0.25) is 0 Å². The molecule has 11 nitrogen and oxygen atoms in total. The number of nitrogens with zero attached hydrogens (tertiary/aromatic N) is 2. The number of aliphatic hydroxyl groups is 2. The summed E-state index contributed by atoms with van der Waals surface area (Å²) in [5.74, 6) is 8.05. The fourth-order valence-electron chi connectivity index (χ4n) is 34.3. The van der Waals surface area contributed by atoms with Crippen molar-refractivity contribution in [2.45, 2.75) is 328 Å². The van der Waals surface area contributed by atoms with Crippen molar-refractivity contribution in [2.24, 2.45) is 169 Å². The summed E-state index contributed by atoms with van der Waals surface area (Å²) in [6.45, 7) is 56.9. The lowest BCUT2D eigenvalue weighted by Gasteiger charge is -2.72. The van der Waals surface area contributed by atoms with Crippen LogP contribution in [0.1, 0.15) is 317 Å². The second kappa shape index (κ2) is 25.6. The molecule has 27 atom stereocenters. The molecule has 0 aromatic rings. The molecule has 0 aromatic heterocycles. The Hall–Kier alpha value is -2.86. The highest BCUT2D eigenvalue weighted by molar-refractivity contribution is 5.91. The van der Waals surface area contributed by atoms with E-state index in [9.17, 15) is 30.1 Å². The van der Waals surface area contributed by atoms with E-state index in [4.69, 9.17) is 14.3 Å². The molecule has 574 valence electrons. The van der Waals surface area contributed by atoms with Crippen LogP contribution in [-0.2, 0) is 23.9 Å². The third-order valence-electron chi connectivity index (χ3n) is 39.8. The molecule has 102 heavy (non-hydrogen) atoms. The summed E-state index contributed by atoms with van der Waals surface area (Å²) < 4.78 is 12.6. The zero-order valence-electron chi connectivity index (χ0n) is 68.1. The van der Waals surface area contributed by atoms with E-state index in [0.29, 0.717) is 104 Å². The minimum Gasteiger partial charge on any atom is -0.481 e. The van der Waals surface area contributed by atoms with Crippen LogP contribution < -0.4 is 0 Å². The van der Waals surface area contributed by atoms with Crippen LogP contribution in [0.4, 0.5) is 0 Å². The van der Waals surface area contributed by atoms with Crippen molar-refractivity contribution in [3.05, 3.63) is 36.5 Å².